The van der Waals surface area contributed by atoms with Crippen molar-refractivity contribution in [2.75, 3.05) is 12.3 Å². The van der Waals surface area contributed by atoms with Crippen LogP contribution in [-0.4, -0.2) is 32.1 Å². The number of nitrogen functional groups attached to an aromatic ring is 1. The van der Waals surface area contributed by atoms with Gasteiger partial charge in [0.15, 0.2) is 5.16 Å². The van der Waals surface area contributed by atoms with Crippen molar-refractivity contribution in [1.29, 1.82) is 0 Å². The number of fused-ring (bicyclic) bond motifs is 2. The van der Waals surface area contributed by atoms with E-state index in [9.17, 15) is 9.59 Å². The van der Waals surface area contributed by atoms with Crippen LogP contribution in [0.4, 0.5) is 5.82 Å². The van der Waals surface area contributed by atoms with Gasteiger partial charge in [0.1, 0.15) is 27.7 Å². The molecule has 0 aromatic carbocycles. The van der Waals surface area contributed by atoms with Crippen LogP contribution in [0.2, 0.25) is 0 Å². The number of anilines is 1. The number of thiophene rings is 1. The van der Waals surface area contributed by atoms with E-state index in [-0.39, 0.29) is 29.3 Å². The van der Waals surface area contributed by atoms with Gasteiger partial charge >= 0.3 is 5.97 Å². The first-order valence-electron chi connectivity index (χ1n) is 9.28. The van der Waals surface area contributed by atoms with Gasteiger partial charge in [-0.05, 0) is 32.2 Å². The molecular weight excluding hydrogens is 426 g/mol. The van der Waals surface area contributed by atoms with Crippen molar-refractivity contribution in [3.05, 3.63) is 38.9 Å². The molecule has 4 aromatic rings. The monoisotopic (exact) mass is 445 g/mol. The Morgan fingerprint density at radius 2 is 2.13 bits per heavy atom. The summed E-state index contributed by atoms with van der Waals surface area (Å²) in [6.45, 7) is 6.02. The van der Waals surface area contributed by atoms with Crippen molar-refractivity contribution >= 4 is 56.2 Å². The molecule has 4 heterocycles. The molecular formula is C19H19N5O4S2. The van der Waals surface area contributed by atoms with Gasteiger partial charge in [0.05, 0.1) is 23.3 Å². The van der Waals surface area contributed by atoms with Crippen LogP contribution in [0.25, 0.3) is 21.3 Å². The third kappa shape index (κ3) is 3.43. The Labute approximate surface area is 179 Å². The Morgan fingerprint density at radius 1 is 1.33 bits per heavy atom. The van der Waals surface area contributed by atoms with E-state index in [1.54, 1.807) is 18.4 Å². The van der Waals surface area contributed by atoms with Crippen molar-refractivity contribution < 1.29 is 13.9 Å². The van der Waals surface area contributed by atoms with Gasteiger partial charge in [-0.25, -0.2) is 14.8 Å². The maximum atomic E-state index is 12.6. The summed E-state index contributed by atoms with van der Waals surface area (Å²) >= 11 is 2.73. The first-order valence-corrected chi connectivity index (χ1v) is 11.1. The molecule has 0 fully saturated rings. The highest BCUT2D eigenvalue weighted by molar-refractivity contribution is 7.98. The molecule has 2 N–H and O–H groups in total. The fourth-order valence-electron chi connectivity index (χ4n) is 3.14. The van der Waals surface area contributed by atoms with E-state index in [1.807, 2.05) is 18.4 Å². The van der Waals surface area contributed by atoms with Gasteiger partial charge in [-0.1, -0.05) is 11.8 Å². The molecule has 0 saturated heterocycles. The second-order valence-corrected chi connectivity index (χ2v) is 8.18. The minimum absolute atomic E-state index is 0.0587. The fraction of sp³-hybridized carbons (Fsp3) is 0.316. The predicted molar refractivity (Wildman–Crippen MR) is 116 cm³/mol. The summed E-state index contributed by atoms with van der Waals surface area (Å²) in [5.41, 5.74) is 7.21. The number of aromatic nitrogens is 4. The molecule has 0 bridgehead atoms. The van der Waals surface area contributed by atoms with Crippen LogP contribution in [-0.2, 0) is 17.0 Å². The summed E-state index contributed by atoms with van der Waals surface area (Å²) in [6, 6.07) is 1.83. The highest BCUT2D eigenvalue weighted by Gasteiger charge is 2.24. The van der Waals surface area contributed by atoms with Gasteiger partial charge in [-0.15, -0.1) is 11.3 Å². The molecule has 0 aliphatic carbocycles. The molecule has 0 unspecified atom stereocenters. The quantitative estimate of drug-likeness (QED) is 0.270. The minimum atomic E-state index is -0.522. The molecule has 0 saturated carbocycles. The summed E-state index contributed by atoms with van der Waals surface area (Å²) in [5.74, 6) is 0.739. The maximum absolute atomic E-state index is 12.6. The molecule has 0 spiro atoms. The number of hydrogen-bond donors (Lipinski definition) is 1. The Bertz CT molecular complexity index is 1320. The van der Waals surface area contributed by atoms with E-state index in [1.165, 1.54) is 23.1 Å². The highest BCUT2D eigenvalue weighted by Crippen LogP contribution is 2.30. The zero-order valence-corrected chi connectivity index (χ0v) is 18.2. The average Bonchev–Trinajstić information content (AvgIpc) is 3.30. The second kappa shape index (κ2) is 8.07. The standard InChI is InChI=1S/C19H19N5O4S2/c1-4-24-17(25)14-10(6-7-29-14)21-19(24)30-8-11-22-15(20)13-12(18(26)27-5-2)9(3)28-16(13)23-11/h6-7H,4-5,8H2,1-3H3,(H2,20,22,23). The molecule has 9 nitrogen and oxygen atoms in total. The van der Waals surface area contributed by atoms with Crippen LogP contribution < -0.4 is 11.3 Å². The third-order valence-corrected chi connectivity index (χ3v) is 6.32. The van der Waals surface area contributed by atoms with Gasteiger partial charge in [0.25, 0.3) is 5.56 Å². The Balaban J connectivity index is 1.68. The molecule has 4 aromatic heterocycles. The van der Waals surface area contributed by atoms with Gasteiger partial charge in [0.2, 0.25) is 5.71 Å². The average molecular weight is 446 g/mol. The van der Waals surface area contributed by atoms with Crippen LogP contribution in [0, 0.1) is 6.92 Å². The lowest BCUT2D eigenvalue weighted by Gasteiger charge is -2.09. The SMILES string of the molecule is CCOC(=O)c1c(C)oc2nc(CSc3nc4ccsc4c(=O)n3CC)nc(N)c12. The number of hydrogen-bond acceptors (Lipinski definition) is 10. The lowest BCUT2D eigenvalue weighted by atomic mass is 10.2. The van der Waals surface area contributed by atoms with Crippen molar-refractivity contribution in [3.63, 3.8) is 0 Å². The number of nitrogens with zero attached hydrogens (tertiary/aromatic N) is 4. The second-order valence-electron chi connectivity index (χ2n) is 6.33. The lowest BCUT2D eigenvalue weighted by Crippen LogP contribution is -2.21. The number of ether oxygens (including phenoxy) is 1. The zero-order valence-electron chi connectivity index (χ0n) is 16.6. The lowest BCUT2D eigenvalue weighted by molar-refractivity contribution is 0.0526. The Hall–Kier alpha value is -2.92. The minimum Gasteiger partial charge on any atom is -0.462 e. The Kier molecular flexibility index (Phi) is 5.48. The van der Waals surface area contributed by atoms with Crippen LogP contribution in [0.1, 0.15) is 35.8 Å². The van der Waals surface area contributed by atoms with E-state index in [2.05, 4.69) is 15.0 Å². The summed E-state index contributed by atoms with van der Waals surface area (Å²) in [6.07, 6.45) is 0. The van der Waals surface area contributed by atoms with Gasteiger partial charge in [-0.2, -0.15) is 4.98 Å². The summed E-state index contributed by atoms with van der Waals surface area (Å²) in [7, 11) is 0. The van der Waals surface area contributed by atoms with E-state index in [0.29, 0.717) is 44.6 Å². The number of rotatable bonds is 6. The number of nitrogens with two attached hydrogens (primary N) is 1. The molecule has 0 amide bonds. The van der Waals surface area contributed by atoms with Crippen molar-refractivity contribution in [2.24, 2.45) is 0 Å². The van der Waals surface area contributed by atoms with E-state index in [4.69, 9.17) is 14.9 Å². The predicted octanol–water partition coefficient (Wildman–Crippen LogP) is 3.37. The molecule has 0 aliphatic heterocycles. The number of esters is 1. The fourth-order valence-corrected chi connectivity index (χ4v) is 4.84. The summed E-state index contributed by atoms with van der Waals surface area (Å²) in [5, 5.41) is 2.78. The maximum Gasteiger partial charge on any atom is 0.342 e. The molecule has 30 heavy (non-hydrogen) atoms. The Morgan fingerprint density at radius 3 is 2.87 bits per heavy atom. The molecule has 4 rings (SSSR count). The molecule has 0 atom stereocenters. The number of thioether (sulfide) groups is 1. The van der Waals surface area contributed by atoms with Crippen LogP contribution in [0.5, 0.6) is 0 Å². The zero-order chi connectivity index (χ0) is 21.4. The molecule has 11 heteroatoms. The van der Waals surface area contributed by atoms with E-state index < -0.39 is 5.97 Å². The largest absolute Gasteiger partial charge is 0.462 e. The van der Waals surface area contributed by atoms with Crippen molar-refractivity contribution in [2.45, 2.75) is 38.2 Å². The van der Waals surface area contributed by atoms with E-state index in [0.717, 1.165) is 0 Å². The first-order chi connectivity index (χ1) is 14.4. The van der Waals surface area contributed by atoms with Crippen LogP contribution in [0.3, 0.4) is 0 Å². The first kappa shape index (κ1) is 20.4. The normalized spacial score (nSPS) is 11.4. The van der Waals surface area contributed by atoms with E-state index >= 15 is 0 Å². The number of carbonyl (C=O) groups excluding carboxylic acids is 1. The van der Waals surface area contributed by atoms with Gasteiger partial charge in [-0.3, -0.25) is 9.36 Å². The molecule has 0 radical (unpaired) electrons. The highest BCUT2D eigenvalue weighted by atomic mass is 32.2. The summed E-state index contributed by atoms with van der Waals surface area (Å²) < 4.78 is 13.0. The smallest absolute Gasteiger partial charge is 0.342 e. The number of furan rings is 1. The third-order valence-electron chi connectivity index (χ3n) is 4.46. The number of aryl methyl sites for hydroxylation is 1. The van der Waals surface area contributed by atoms with Gasteiger partial charge in [0, 0.05) is 6.54 Å². The topological polar surface area (TPSA) is 126 Å². The summed E-state index contributed by atoms with van der Waals surface area (Å²) in [4.78, 5) is 38.2. The van der Waals surface area contributed by atoms with Crippen LogP contribution >= 0.6 is 23.1 Å². The number of carbonyl (C=O) groups is 1. The van der Waals surface area contributed by atoms with Crippen LogP contribution in [0.15, 0.2) is 25.8 Å². The van der Waals surface area contributed by atoms with Crippen molar-refractivity contribution in [1.82, 2.24) is 19.5 Å². The van der Waals surface area contributed by atoms with Gasteiger partial charge < -0.3 is 14.9 Å². The molecule has 0 aliphatic rings. The molecule has 156 valence electrons. The van der Waals surface area contributed by atoms with Crippen molar-refractivity contribution in [3.8, 4) is 0 Å².